The fourth-order valence-corrected chi connectivity index (χ4v) is 4.21. The maximum atomic E-state index is 10.2. The van der Waals surface area contributed by atoms with Gasteiger partial charge in [0.05, 0.1) is 0 Å². The quantitative estimate of drug-likeness (QED) is 0.137. The van der Waals surface area contributed by atoms with Crippen LogP contribution >= 0.6 is 0 Å². The van der Waals surface area contributed by atoms with Crippen molar-refractivity contribution in [3.8, 4) is 0 Å². The van der Waals surface area contributed by atoms with Crippen LogP contribution in [-0.4, -0.2) is 22.9 Å². The summed E-state index contributed by atoms with van der Waals surface area (Å²) in [6, 6.07) is 0.392. The monoisotopic (exact) mass is 397 g/mol. The summed E-state index contributed by atoms with van der Waals surface area (Å²) in [6.07, 6.45) is 28.5. The molecule has 0 aromatic carbocycles. The molecule has 0 heterocycles. The Balaban J connectivity index is 3.35. The minimum Gasteiger partial charge on any atom is -0.314 e. The Bertz CT molecular complexity index is 282. The van der Waals surface area contributed by atoms with E-state index in [0.717, 1.165) is 25.8 Å². The van der Waals surface area contributed by atoms with Crippen LogP contribution in [0.4, 0.5) is 0 Å². The Morgan fingerprint density at radius 3 is 1.25 bits per heavy atom. The maximum absolute atomic E-state index is 10.2. The normalized spacial score (nSPS) is 12.8. The molecule has 0 bridgehead atoms. The van der Waals surface area contributed by atoms with Crippen molar-refractivity contribution in [2.45, 2.75) is 162 Å². The summed E-state index contributed by atoms with van der Waals surface area (Å²) in [5, 5.41) is 11.9. The topological polar surface area (TPSA) is 23.5 Å². The summed E-state index contributed by atoms with van der Waals surface area (Å²) in [4.78, 5) is 0. The van der Waals surface area contributed by atoms with E-state index < -0.39 is 0 Å². The zero-order chi connectivity index (χ0) is 20.7. The number of hydrogen-bond acceptors (Lipinski definition) is 2. The van der Waals surface area contributed by atoms with Gasteiger partial charge in [-0.2, -0.15) is 5.06 Å². The zero-order valence-electron chi connectivity index (χ0n) is 20.0. The summed E-state index contributed by atoms with van der Waals surface area (Å²) in [5.41, 5.74) is 0. The van der Waals surface area contributed by atoms with E-state index in [1.807, 2.05) is 0 Å². The largest absolute Gasteiger partial charge is 0.314 e. The molecule has 2 heteroatoms. The van der Waals surface area contributed by atoms with Gasteiger partial charge in [-0.05, 0) is 19.3 Å². The highest BCUT2D eigenvalue weighted by molar-refractivity contribution is 4.65. The molecule has 0 saturated carbocycles. The molecule has 0 aromatic rings. The molecule has 1 atom stereocenters. The number of unbranched alkanes of at least 4 members (excludes halogenated alkanes) is 16. The highest BCUT2D eigenvalue weighted by Crippen LogP contribution is 2.17. The molecule has 0 aliphatic heterocycles. The number of nitrogens with zero attached hydrogens (tertiary/aromatic N) is 1. The second kappa shape index (κ2) is 23.2. The molecule has 170 valence electrons. The van der Waals surface area contributed by atoms with Gasteiger partial charge in [-0.25, -0.2) is 0 Å². The third-order valence-corrected chi connectivity index (χ3v) is 6.18. The summed E-state index contributed by atoms with van der Waals surface area (Å²) >= 11 is 0. The highest BCUT2D eigenvalue weighted by Gasteiger charge is 2.14. The third-order valence-electron chi connectivity index (χ3n) is 6.18. The van der Waals surface area contributed by atoms with Crippen LogP contribution in [0.3, 0.4) is 0 Å². The highest BCUT2D eigenvalue weighted by atomic mass is 16.5. The Hall–Kier alpha value is -0.0800. The smallest absolute Gasteiger partial charge is 0.0350 e. The summed E-state index contributed by atoms with van der Waals surface area (Å²) in [5.74, 6) is 0. The fraction of sp³-hybridized carbons (Fsp3) is 1.00. The molecule has 2 nitrogen and oxygen atoms in total. The Kier molecular flexibility index (Phi) is 23.1. The third kappa shape index (κ3) is 19.2. The molecule has 0 spiro atoms. The molecule has 0 aliphatic carbocycles. The SMILES string of the molecule is CCCCCCCCCCCCCCCCCCC(CCC)N(O)CCCC. The lowest BCUT2D eigenvalue weighted by Crippen LogP contribution is -2.33. The van der Waals surface area contributed by atoms with Gasteiger partial charge in [0.25, 0.3) is 0 Å². The molecular weight excluding hydrogens is 342 g/mol. The van der Waals surface area contributed by atoms with E-state index in [4.69, 9.17) is 0 Å². The molecule has 28 heavy (non-hydrogen) atoms. The van der Waals surface area contributed by atoms with E-state index >= 15 is 0 Å². The van der Waals surface area contributed by atoms with Crippen molar-refractivity contribution in [2.24, 2.45) is 0 Å². The van der Waals surface area contributed by atoms with Gasteiger partial charge in [0.15, 0.2) is 0 Å². The number of hydrogen-bond donors (Lipinski definition) is 1. The van der Waals surface area contributed by atoms with E-state index in [9.17, 15) is 5.21 Å². The molecular formula is C26H55NO. The average molecular weight is 398 g/mol. The van der Waals surface area contributed by atoms with Gasteiger partial charge in [0.1, 0.15) is 0 Å². The van der Waals surface area contributed by atoms with Crippen LogP contribution in [0.15, 0.2) is 0 Å². The van der Waals surface area contributed by atoms with Crippen LogP contribution in [0.25, 0.3) is 0 Å². The van der Waals surface area contributed by atoms with Crippen molar-refractivity contribution in [1.29, 1.82) is 0 Å². The minimum atomic E-state index is 0.392. The average Bonchev–Trinajstić information content (AvgIpc) is 2.70. The first-order valence-electron chi connectivity index (χ1n) is 13.2. The fourth-order valence-electron chi connectivity index (χ4n) is 4.21. The van der Waals surface area contributed by atoms with Crippen LogP contribution < -0.4 is 0 Å². The van der Waals surface area contributed by atoms with E-state index in [1.165, 1.54) is 116 Å². The van der Waals surface area contributed by atoms with Crippen LogP contribution in [0.1, 0.15) is 156 Å². The van der Waals surface area contributed by atoms with Crippen molar-refractivity contribution in [2.75, 3.05) is 6.54 Å². The van der Waals surface area contributed by atoms with Gasteiger partial charge in [0, 0.05) is 12.6 Å². The van der Waals surface area contributed by atoms with Gasteiger partial charge < -0.3 is 5.21 Å². The minimum absolute atomic E-state index is 0.392. The van der Waals surface area contributed by atoms with E-state index in [2.05, 4.69) is 20.8 Å². The van der Waals surface area contributed by atoms with Gasteiger partial charge in [-0.15, -0.1) is 0 Å². The predicted molar refractivity (Wildman–Crippen MR) is 126 cm³/mol. The van der Waals surface area contributed by atoms with Crippen LogP contribution in [-0.2, 0) is 0 Å². The second-order valence-electron chi connectivity index (χ2n) is 9.05. The van der Waals surface area contributed by atoms with Gasteiger partial charge in [-0.1, -0.05) is 136 Å². The maximum Gasteiger partial charge on any atom is 0.0350 e. The lowest BCUT2D eigenvalue weighted by atomic mass is 10.0. The molecule has 0 amide bonds. The van der Waals surface area contributed by atoms with Crippen molar-refractivity contribution < 1.29 is 5.21 Å². The van der Waals surface area contributed by atoms with Gasteiger partial charge >= 0.3 is 0 Å². The van der Waals surface area contributed by atoms with Crippen molar-refractivity contribution in [3.63, 3.8) is 0 Å². The molecule has 0 fully saturated rings. The molecule has 0 aromatic heterocycles. The van der Waals surface area contributed by atoms with Gasteiger partial charge in [-0.3, -0.25) is 0 Å². The predicted octanol–water partition coefficient (Wildman–Crippen LogP) is 9.30. The van der Waals surface area contributed by atoms with Crippen molar-refractivity contribution in [1.82, 2.24) is 5.06 Å². The van der Waals surface area contributed by atoms with Gasteiger partial charge in [0.2, 0.25) is 0 Å². The van der Waals surface area contributed by atoms with Crippen molar-refractivity contribution in [3.05, 3.63) is 0 Å². The first kappa shape index (κ1) is 27.9. The summed E-state index contributed by atoms with van der Waals surface area (Å²) < 4.78 is 0. The first-order chi connectivity index (χ1) is 13.8. The van der Waals surface area contributed by atoms with Crippen LogP contribution in [0, 0.1) is 0 Å². The number of rotatable bonds is 23. The second-order valence-corrected chi connectivity index (χ2v) is 9.05. The molecule has 0 rings (SSSR count). The standard InChI is InChI=1S/C26H55NO/c1-4-7-9-10-11-12-13-14-15-16-17-18-19-20-21-22-24-26(23-6-3)27(28)25-8-5-2/h26,28H,4-25H2,1-3H3. The Morgan fingerprint density at radius 1 is 0.464 bits per heavy atom. The molecule has 0 aliphatic rings. The lowest BCUT2D eigenvalue weighted by molar-refractivity contribution is -0.131. The first-order valence-corrected chi connectivity index (χ1v) is 13.2. The molecule has 0 saturated heterocycles. The van der Waals surface area contributed by atoms with E-state index in [1.54, 1.807) is 5.06 Å². The van der Waals surface area contributed by atoms with E-state index in [0.29, 0.717) is 6.04 Å². The molecule has 1 N–H and O–H groups in total. The van der Waals surface area contributed by atoms with E-state index in [-0.39, 0.29) is 0 Å². The molecule has 0 radical (unpaired) electrons. The Labute approximate surface area is 178 Å². The number of hydroxylamine groups is 2. The molecule has 1 unspecified atom stereocenters. The zero-order valence-corrected chi connectivity index (χ0v) is 20.0. The van der Waals surface area contributed by atoms with Crippen LogP contribution in [0.5, 0.6) is 0 Å². The summed E-state index contributed by atoms with van der Waals surface area (Å²) in [7, 11) is 0. The van der Waals surface area contributed by atoms with Crippen LogP contribution in [0.2, 0.25) is 0 Å². The summed E-state index contributed by atoms with van der Waals surface area (Å²) in [6.45, 7) is 7.56. The Morgan fingerprint density at radius 2 is 0.857 bits per heavy atom. The lowest BCUT2D eigenvalue weighted by Gasteiger charge is -2.25. The van der Waals surface area contributed by atoms with Crippen molar-refractivity contribution >= 4 is 0 Å².